The molecule has 0 atom stereocenters. The van der Waals surface area contributed by atoms with Crippen LogP contribution in [0.25, 0.3) is 0 Å². The third kappa shape index (κ3) is 2.93. The highest BCUT2D eigenvalue weighted by Gasteiger charge is 2.08. The van der Waals surface area contributed by atoms with E-state index in [9.17, 15) is 4.79 Å². The van der Waals surface area contributed by atoms with Gasteiger partial charge in [0.1, 0.15) is 0 Å². The van der Waals surface area contributed by atoms with Crippen molar-refractivity contribution in [3.8, 4) is 0 Å². The van der Waals surface area contributed by atoms with Gasteiger partial charge in [-0.15, -0.1) is 0 Å². The Morgan fingerprint density at radius 2 is 2.21 bits per heavy atom. The molecule has 0 aliphatic heterocycles. The number of nitrogens with one attached hydrogen (secondary N) is 1. The van der Waals surface area contributed by atoms with Crippen molar-refractivity contribution in [2.45, 2.75) is 13.8 Å². The fraction of sp³-hybridized carbons (Fsp3) is 0.364. The smallest absolute Gasteiger partial charge is 0.176 e. The van der Waals surface area contributed by atoms with Crippen LogP contribution in [0.1, 0.15) is 22.8 Å². The fourth-order valence-electron chi connectivity index (χ4n) is 1.23. The first-order chi connectivity index (χ1) is 6.65. The van der Waals surface area contributed by atoms with Crippen molar-refractivity contribution < 1.29 is 4.79 Å². The first kappa shape index (κ1) is 11.4. The van der Waals surface area contributed by atoms with E-state index >= 15 is 0 Å². The van der Waals surface area contributed by atoms with E-state index in [1.54, 1.807) is 0 Å². The molecule has 0 heterocycles. The van der Waals surface area contributed by atoms with E-state index in [0.717, 1.165) is 22.1 Å². The zero-order valence-corrected chi connectivity index (χ0v) is 10.0. The molecular weight excluding hydrogens is 242 g/mol. The number of hydrogen-bond acceptors (Lipinski definition) is 2. The minimum atomic E-state index is 0.144. The molecule has 0 amide bonds. The summed E-state index contributed by atoms with van der Waals surface area (Å²) in [4.78, 5) is 11.7. The molecule has 0 aliphatic rings. The molecule has 14 heavy (non-hydrogen) atoms. The summed E-state index contributed by atoms with van der Waals surface area (Å²) < 4.78 is 0.947. The lowest BCUT2D eigenvalue weighted by atomic mass is 10.1. The van der Waals surface area contributed by atoms with Crippen molar-refractivity contribution in [3.63, 3.8) is 0 Å². The molecule has 1 aromatic carbocycles. The maximum Gasteiger partial charge on any atom is 0.176 e. The van der Waals surface area contributed by atoms with Crippen molar-refractivity contribution >= 4 is 21.7 Å². The number of aryl methyl sites for hydroxylation is 1. The first-order valence-electron chi connectivity index (χ1n) is 4.65. The van der Waals surface area contributed by atoms with Gasteiger partial charge >= 0.3 is 0 Å². The Bertz CT molecular complexity index is 336. The van der Waals surface area contributed by atoms with E-state index in [-0.39, 0.29) is 5.78 Å². The Labute approximate surface area is 92.8 Å². The van der Waals surface area contributed by atoms with E-state index < -0.39 is 0 Å². The summed E-state index contributed by atoms with van der Waals surface area (Å²) in [5.41, 5.74) is 1.82. The monoisotopic (exact) mass is 255 g/mol. The number of halogens is 1. The topological polar surface area (TPSA) is 29.1 Å². The van der Waals surface area contributed by atoms with Crippen molar-refractivity contribution in [2.24, 2.45) is 0 Å². The van der Waals surface area contributed by atoms with Gasteiger partial charge in [-0.2, -0.15) is 0 Å². The van der Waals surface area contributed by atoms with Crippen LogP contribution in [0.5, 0.6) is 0 Å². The molecule has 0 saturated heterocycles. The highest BCUT2D eigenvalue weighted by molar-refractivity contribution is 9.10. The van der Waals surface area contributed by atoms with E-state index in [1.165, 1.54) is 0 Å². The van der Waals surface area contributed by atoms with Crippen molar-refractivity contribution in [1.29, 1.82) is 0 Å². The molecule has 76 valence electrons. The zero-order chi connectivity index (χ0) is 10.6. The second kappa shape index (κ2) is 5.27. The summed E-state index contributed by atoms with van der Waals surface area (Å²) >= 11 is 3.36. The van der Waals surface area contributed by atoms with Gasteiger partial charge in [-0.3, -0.25) is 4.79 Å². The molecule has 1 rings (SSSR count). The number of likely N-dealkylation sites (N-methyl/N-ethyl adjacent to an activating group) is 1. The van der Waals surface area contributed by atoms with Crippen molar-refractivity contribution in [2.75, 3.05) is 13.1 Å². The summed E-state index contributed by atoms with van der Waals surface area (Å²) in [7, 11) is 0. The molecule has 1 N–H and O–H groups in total. The third-order valence-corrected chi connectivity index (χ3v) is 2.53. The predicted molar refractivity (Wildman–Crippen MR) is 61.8 cm³/mol. The summed E-state index contributed by atoms with van der Waals surface area (Å²) in [6, 6.07) is 5.76. The van der Waals surface area contributed by atoms with Crippen LogP contribution in [0.2, 0.25) is 0 Å². The van der Waals surface area contributed by atoms with Gasteiger partial charge < -0.3 is 5.32 Å². The molecule has 2 nitrogen and oxygen atoms in total. The van der Waals surface area contributed by atoms with Gasteiger partial charge in [0.15, 0.2) is 5.78 Å². The van der Waals surface area contributed by atoms with Crippen molar-refractivity contribution in [3.05, 3.63) is 33.8 Å². The third-order valence-electron chi connectivity index (χ3n) is 2.04. The van der Waals surface area contributed by atoms with Gasteiger partial charge in [0, 0.05) is 10.0 Å². The molecule has 0 radical (unpaired) electrons. The van der Waals surface area contributed by atoms with E-state index in [1.807, 2.05) is 32.0 Å². The van der Waals surface area contributed by atoms with E-state index in [2.05, 4.69) is 21.2 Å². The number of Topliss-reactive ketones (excluding diaryl/α,β-unsaturated/α-hetero) is 1. The SMILES string of the molecule is CCNCC(=O)c1cc(Br)ccc1C. The quantitative estimate of drug-likeness (QED) is 0.839. The summed E-state index contributed by atoms with van der Waals surface area (Å²) in [5.74, 6) is 0.144. The highest BCUT2D eigenvalue weighted by atomic mass is 79.9. The lowest BCUT2D eigenvalue weighted by Gasteiger charge is -2.05. The van der Waals surface area contributed by atoms with Gasteiger partial charge in [0.2, 0.25) is 0 Å². The molecule has 0 aromatic heterocycles. The molecule has 0 saturated carbocycles. The van der Waals surface area contributed by atoms with Gasteiger partial charge in [0.25, 0.3) is 0 Å². The van der Waals surface area contributed by atoms with E-state index in [4.69, 9.17) is 0 Å². The number of benzene rings is 1. The molecule has 1 aromatic rings. The molecule has 0 bridgehead atoms. The van der Waals surface area contributed by atoms with Crippen LogP contribution < -0.4 is 5.32 Å². The standard InChI is InChI=1S/C11H14BrNO/c1-3-13-7-11(14)10-6-9(12)5-4-8(10)2/h4-6,13H,3,7H2,1-2H3. The Morgan fingerprint density at radius 3 is 2.86 bits per heavy atom. The molecule has 0 spiro atoms. The minimum absolute atomic E-state index is 0.144. The minimum Gasteiger partial charge on any atom is -0.310 e. The maximum absolute atomic E-state index is 11.7. The van der Waals surface area contributed by atoms with Crippen LogP contribution in [-0.4, -0.2) is 18.9 Å². The van der Waals surface area contributed by atoms with Gasteiger partial charge in [-0.05, 0) is 31.2 Å². The van der Waals surface area contributed by atoms with E-state index in [0.29, 0.717) is 6.54 Å². The Kier molecular flexibility index (Phi) is 4.29. The number of hydrogen-bond donors (Lipinski definition) is 1. The Balaban J connectivity index is 2.83. The van der Waals surface area contributed by atoms with Gasteiger partial charge in [-0.1, -0.05) is 28.9 Å². The van der Waals surface area contributed by atoms with Crippen LogP contribution in [0.15, 0.2) is 22.7 Å². The van der Waals surface area contributed by atoms with Crippen LogP contribution in [-0.2, 0) is 0 Å². The lowest BCUT2D eigenvalue weighted by molar-refractivity contribution is 0.0991. The Morgan fingerprint density at radius 1 is 1.50 bits per heavy atom. The zero-order valence-electron chi connectivity index (χ0n) is 8.43. The molecular formula is C11H14BrNO. The van der Waals surface area contributed by atoms with Crippen LogP contribution >= 0.6 is 15.9 Å². The molecule has 3 heteroatoms. The van der Waals surface area contributed by atoms with Crippen LogP contribution in [0, 0.1) is 6.92 Å². The number of ketones is 1. The average molecular weight is 256 g/mol. The van der Waals surface area contributed by atoms with Gasteiger partial charge in [-0.25, -0.2) is 0 Å². The summed E-state index contributed by atoms with van der Waals surface area (Å²) in [6.45, 7) is 5.17. The largest absolute Gasteiger partial charge is 0.310 e. The fourth-order valence-corrected chi connectivity index (χ4v) is 1.59. The normalized spacial score (nSPS) is 10.2. The number of carbonyl (C=O) groups is 1. The number of carbonyl (C=O) groups excluding carboxylic acids is 1. The molecule has 0 unspecified atom stereocenters. The van der Waals surface area contributed by atoms with Gasteiger partial charge in [0.05, 0.1) is 6.54 Å². The summed E-state index contributed by atoms with van der Waals surface area (Å²) in [5, 5.41) is 3.03. The molecule has 0 fully saturated rings. The number of rotatable bonds is 4. The maximum atomic E-state index is 11.7. The predicted octanol–water partition coefficient (Wildman–Crippen LogP) is 2.55. The molecule has 0 aliphatic carbocycles. The second-order valence-electron chi connectivity index (χ2n) is 3.16. The lowest BCUT2D eigenvalue weighted by Crippen LogP contribution is -2.23. The summed E-state index contributed by atoms with van der Waals surface area (Å²) in [6.07, 6.45) is 0. The van der Waals surface area contributed by atoms with Crippen LogP contribution in [0.4, 0.5) is 0 Å². The highest BCUT2D eigenvalue weighted by Crippen LogP contribution is 2.16. The first-order valence-corrected chi connectivity index (χ1v) is 5.44. The Hall–Kier alpha value is -0.670. The second-order valence-corrected chi connectivity index (χ2v) is 4.08. The average Bonchev–Trinajstić information content (AvgIpc) is 2.18. The van der Waals surface area contributed by atoms with Crippen molar-refractivity contribution in [1.82, 2.24) is 5.32 Å². The van der Waals surface area contributed by atoms with Crippen LogP contribution in [0.3, 0.4) is 0 Å².